The second kappa shape index (κ2) is 8.80. The number of aromatic nitrogens is 1. The van der Waals surface area contributed by atoms with Gasteiger partial charge in [0.2, 0.25) is 5.91 Å². The van der Waals surface area contributed by atoms with Crippen LogP contribution in [0.25, 0.3) is 11.1 Å². The zero-order valence-electron chi connectivity index (χ0n) is 17.4. The van der Waals surface area contributed by atoms with E-state index in [1.165, 1.54) is 6.07 Å². The number of halogens is 1. The molecular formula is C23H27FN4O3. The van der Waals surface area contributed by atoms with Crippen molar-refractivity contribution in [1.29, 1.82) is 0 Å². The molecule has 1 aromatic heterocycles. The molecule has 8 heteroatoms. The van der Waals surface area contributed by atoms with Crippen LogP contribution in [0.3, 0.4) is 0 Å². The number of benzene rings is 1. The summed E-state index contributed by atoms with van der Waals surface area (Å²) >= 11 is 0. The predicted molar refractivity (Wildman–Crippen MR) is 115 cm³/mol. The Balaban J connectivity index is 1.19. The molecule has 2 atom stereocenters. The molecule has 7 nitrogen and oxygen atoms in total. The fraction of sp³-hybridized carbons (Fsp3) is 0.478. The molecule has 4 heterocycles. The van der Waals surface area contributed by atoms with E-state index in [0.717, 1.165) is 18.8 Å². The first-order chi connectivity index (χ1) is 15.2. The molecule has 0 bridgehead atoms. The molecule has 3 aliphatic heterocycles. The molecule has 0 aliphatic carbocycles. The van der Waals surface area contributed by atoms with Gasteiger partial charge in [-0.3, -0.25) is 4.79 Å². The van der Waals surface area contributed by atoms with Crippen LogP contribution in [-0.4, -0.2) is 73.9 Å². The van der Waals surface area contributed by atoms with Crippen LogP contribution in [0, 0.1) is 5.82 Å². The Morgan fingerprint density at radius 2 is 2.19 bits per heavy atom. The molecule has 1 aromatic carbocycles. The summed E-state index contributed by atoms with van der Waals surface area (Å²) in [5.41, 5.74) is 1.20. The van der Waals surface area contributed by atoms with E-state index in [9.17, 15) is 9.18 Å². The minimum Gasteiger partial charge on any atom is -0.487 e. The molecule has 2 aromatic rings. The van der Waals surface area contributed by atoms with Crippen molar-refractivity contribution in [2.24, 2.45) is 0 Å². The van der Waals surface area contributed by atoms with Gasteiger partial charge in [-0.1, -0.05) is 18.2 Å². The molecule has 2 fully saturated rings. The summed E-state index contributed by atoms with van der Waals surface area (Å²) in [5, 5.41) is 3.29. The smallest absolute Gasteiger partial charge is 0.225 e. The van der Waals surface area contributed by atoms with Crippen LogP contribution in [0.2, 0.25) is 0 Å². The normalized spacial score (nSPS) is 22.2. The summed E-state index contributed by atoms with van der Waals surface area (Å²) in [5.74, 6) is 1.27. The van der Waals surface area contributed by atoms with Gasteiger partial charge < -0.3 is 24.6 Å². The summed E-state index contributed by atoms with van der Waals surface area (Å²) in [6.07, 6.45) is 3.24. The number of carbonyl (C=O) groups is 1. The first-order valence-electron chi connectivity index (χ1n) is 10.9. The maximum absolute atomic E-state index is 14.1. The second-order valence-electron chi connectivity index (χ2n) is 8.29. The van der Waals surface area contributed by atoms with Gasteiger partial charge in [0.05, 0.1) is 25.7 Å². The lowest BCUT2D eigenvalue weighted by atomic mass is 10.1. The Labute approximate surface area is 181 Å². The van der Waals surface area contributed by atoms with Crippen LogP contribution in [0.4, 0.5) is 10.2 Å². The number of rotatable bonds is 6. The molecule has 0 saturated carbocycles. The Morgan fingerprint density at radius 1 is 1.32 bits per heavy atom. The summed E-state index contributed by atoms with van der Waals surface area (Å²) < 4.78 is 25.7. The molecule has 1 amide bonds. The molecule has 1 N–H and O–H groups in total. The molecule has 0 spiro atoms. The number of amides is 1. The molecule has 5 rings (SSSR count). The third-order valence-corrected chi connectivity index (χ3v) is 6.26. The monoisotopic (exact) mass is 426 g/mol. The van der Waals surface area contributed by atoms with Crippen molar-refractivity contribution in [2.45, 2.75) is 24.9 Å². The van der Waals surface area contributed by atoms with Gasteiger partial charge in [0.1, 0.15) is 12.4 Å². The lowest BCUT2D eigenvalue weighted by Crippen LogP contribution is -2.58. The van der Waals surface area contributed by atoms with Gasteiger partial charge >= 0.3 is 0 Å². The van der Waals surface area contributed by atoms with E-state index >= 15 is 0 Å². The Bertz CT molecular complexity index is 952. The van der Waals surface area contributed by atoms with Gasteiger partial charge in [-0.15, -0.1) is 0 Å². The van der Waals surface area contributed by atoms with Gasteiger partial charge in [0.25, 0.3) is 0 Å². The number of hydrogen-bond acceptors (Lipinski definition) is 6. The highest BCUT2D eigenvalue weighted by atomic mass is 19.1. The third-order valence-electron chi connectivity index (χ3n) is 6.26. The number of anilines is 1. The fourth-order valence-electron chi connectivity index (χ4n) is 4.33. The second-order valence-corrected chi connectivity index (χ2v) is 8.29. The van der Waals surface area contributed by atoms with Crippen molar-refractivity contribution in [3.05, 3.63) is 42.3 Å². The minimum absolute atomic E-state index is 0.0668. The van der Waals surface area contributed by atoms with Gasteiger partial charge in [0.15, 0.2) is 11.6 Å². The van der Waals surface area contributed by atoms with Crippen molar-refractivity contribution < 1.29 is 18.7 Å². The largest absolute Gasteiger partial charge is 0.487 e. The first kappa shape index (κ1) is 20.2. The summed E-state index contributed by atoms with van der Waals surface area (Å²) in [6, 6.07) is 9.02. The Morgan fingerprint density at radius 3 is 3.00 bits per heavy atom. The van der Waals surface area contributed by atoms with Crippen LogP contribution in [0.5, 0.6) is 5.75 Å². The van der Waals surface area contributed by atoms with Crippen LogP contribution in [-0.2, 0) is 9.53 Å². The van der Waals surface area contributed by atoms with E-state index in [1.807, 2.05) is 11.0 Å². The number of piperazine rings is 1. The third kappa shape index (κ3) is 4.22. The fourth-order valence-corrected chi connectivity index (χ4v) is 4.33. The first-order valence-corrected chi connectivity index (χ1v) is 10.9. The van der Waals surface area contributed by atoms with Gasteiger partial charge in [0, 0.05) is 43.0 Å². The number of pyridine rings is 1. The number of hydrogen-bond donors (Lipinski definition) is 1. The molecule has 31 heavy (non-hydrogen) atoms. The molecule has 2 saturated heterocycles. The van der Waals surface area contributed by atoms with Gasteiger partial charge in [-0.25, -0.2) is 9.37 Å². The Hall–Kier alpha value is -2.71. The summed E-state index contributed by atoms with van der Waals surface area (Å²) in [6.45, 7) is 4.63. The lowest BCUT2D eigenvalue weighted by molar-refractivity contribution is -0.133. The topological polar surface area (TPSA) is 66.9 Å². The minimum atomic E-state index is -0.280. The zero-order chi connectivity index (χ0) is 21.2. The molecule has 3 aliphatic rings. The highest BCUT2D eigenvalue weighted by molar-refractivity contribution is 5.77. The van der Waals surface area contributed by atoms with Crippen LogP contribution >= 0.6 is 0 Å². The zero-order valence-corrected chi connectivity index (χ0v) is 17.4. The van der Waals surface area contributed by atoms with Gasteiger partial charge in [-0.2, -0.15) is 0 Å². The number of nitrogens with zero attached hydrogens (tertiary/aromatic N) is 3. The lowest BCUT2D eigenvalue weighted by Gasteiger charge is -2.44. The molecule has 0 radical (unpaired) electrons. The van der Waals surface area contributed by atoms with E-state index in [0.29, 0.717) is 68.8 Å². The average molecular weight is 426 g/mol. The summed E-state index contributed by atoms with van der Waals surface area (Å²) in [7, 11) is 0. The maximum atomic E-state index is 14.1. The summed E-state index contributed by atoms with van der Waals surface area (Å²) in [4.78, 5) is 21.3. The van der Waals surface area contributed by atoms with Crippen molar-refractivity contribution in [2.75, 3.05) is 50.9 Å². The van der Waals surface area contributed by atoms with Crippen molar-refractivity contribution >= 4 is 11.7 Å². The number of nitrogens with one attached hydrogen (secondary N) is 1. The predicted octanol–water partition coefficient (Wildman–Crippen LogP) is 2.07. The van der Waals surface area contributed by atoms with Crippen molar-refractivity contribution in [1.82, 2.24) is 15.2 Å². The van der Waals surface area contributed by atoms with E-state index in [1.54, 1.807) is 24.4 Å². The quantitative estimate of drug-likeness (QED) is 0.714. The van der Waals surface area contributed by atoms with Crippen LogP contribution in [0.1, 0.15) is 12.8 Å². The highest BCUT2D eigenvalue weighted by Crippen LogP contribution is 2.36. The molecule has 2 unspecified atom stereocenters. The van der Waals surface area contributed by atoms with E-state index < -0.39 is 0 Å². The average Bonchev–Trinajstić information content (AvgIpc) is 2.77. The van der Waals surface area contributed by atoms with Crippen LogP contribution < -0.4 is 15.0 Å². The number of carbonyl (C=O) groups excluding carboxylic acids is 1. The number of ether oxygens (including phenoxy) is 2. The van der Waals surface area contributed by atoms with Crippen molar-refractivity contribution in [3.8, 4) is 16.9 Å². The van der Waals surface area contributed by atoms with Crippen molar-refractivity contribution in [3.63, 3.8) is 0 Å². The van der Waals surface area contributed by atoms with E-state index in [2.05, 4.69) is 15.2 Å². The highest BCUT2D eigenvalue weighted by Gasteiger charge is 2.35. The van der Waals surface area contributed by atoms with E-state index in [4.69, 9.17) is 9.47 Å². The van der Waals surface area contributed by atoms with E-state index in [-0.39, 0.29) is 17.8 Å². The Kier molecular flexibility index (Phi) is 5.74. The van der Waals surface area contributed by atoms with Crippen LogP contribution in [0.15, 0.2) is 36.5 Å². The molecular weight excluding hydrogens is 399 g/mol. The maximum Gasteiger partial charge on any atom is 0.225 e. The molecule has 164 valence electrons. The SMILES string of the molecule is O=C(CCOCC1CCN1)N1CCN2c3ncc(-c4ccccc4F)cc3OCC2C1. The number of fused-ring (bicyclic) bond motifs is 3. The van der Waals surface area contributed by atoms with Gasteiger partial charge in [-0.05, 0) is 25.1 Å². The standard InChI is InChI=1S/C23H27FN4O3/c24-20-4-2-1-3-19(20)16-11-21-23(26-12-16)28-9-8-27(13-18(28)15-31-21)22(29)6-10-30-14-17-5-7-25-17/h1-4,11-12,17-18,25H,5-10,13-15H2.